The lowest BCUT2D eigenvalue weighted by Gasteiger charge is -2.15. The van der Waals surface area contributed by atoms with E-state index in [-0.39, 0.29) is 11.8 Å². The molecule has 0 radical (unpaired) electrons. The lowest BCUT2D eigenvalue weighted by molar-refractivity contribution is -0.122. The van der Waals surface area contributed by atoms with Gasteiger partial charge in [-0.15, -0.1) is 0 Å². The minimum atomic E-state index is -0.618. The van der Waals surface area contributed by atoms with Crippen LogP contribution < -0.4 is 15.4 Å². The number of rotatable bonds is 6. The van der Waals surface area contributed by atoms with Crippen LogP contribution in [0.15, 0.2) is 48.5 Å². The molecule has 0 aliphatic rings. The van der Waals surface area contributed by atoms with Crippen LogP contribution in [0.4, 0.5) is 11.4 Å². The smallest absolute Gasteiger partial charge is 0.265 e. The van der Waals surface area contributed by atoms with Crippen molar-refractivity contribution in [3.05, 3.63) is 54.1 Å². The first kappa shape index (κ1) is 17.5. The summed E-state index contributed by atoms with van der Waals surface area (Å²) in [5.74, 6) is 0.369. The van der Waals surface area contributed by atoms with Gasteiger partial charge in [-0.25, -0.2) is 0 Å². The van der Waals surface area contributed by atoms with Crippen molar-refractivity contribution in [2.24, 2.45) is 0 Å². The largest absolute Gasteiger partial charge is 0.481 e. The van der Waals surface area contributed by atoms with E-state index in [0.29, 0.717) is 23.5 Å². The van der Waals surface area contributed by atoms with Crippen molar-refractivity contribution in [1.29, 1.82) is 0 Å². The molecule has 2 aromatic carbocycles. The minimum absolute atomic E-state index is 0.0492. The van der Waals surface area contributed by atoms with E-state index < -0.39 is 6.10 Å². The van der Waals surface area contributed by atoms with Gasteiger partial charge < -0.3 is 15.4 Å². The van der Waals surface area contributed by atoms with E-state index in [1.165, 1.54) is 0 Å². The first-order chi connectivity index (χ1) is 11.5. The fourth-order valence-electron chi connectivity index (χ4n) is 2.00. The average Bonchev–Trinajstić information content (AvgIpc) is 2.58. The van der Waals surface area contributed by atoms with Crippen LogP contribution in [0.1, 0.15) is 25.8 Å². The first-order valence-electron chi connectivity index (χ1n) is 7.92. The van der Waals surface area contributed by atoms with Gasteiger partial charge in [-0.1, -0.05) is 24.6 Å². The molecule has 5 nitrogen and oxygen atoms in total. The van der Waals surface area contributed by atoms with Gasteiger partial charge in [-0.2, -0.15) is 0 Å². The number of carbonyl (C=O) groups is 2. The van der Waals surface area contributed by atoms with E-state index >= 15 is 0 Å². The van der Waals surface area contributed by atoms with Crippen molar-refractivity contribution in [2.75, 3.05) is 10.6 Å². The average molecular weight is 326 g/mol. The maximum atomic E-state index is 12.2. The number of anilines is 2. The van der Waals surface area contributed by atoms with Crippen molar-refractivity contribution in [2.45, 2.75) is 33.3 Å². The van der Waals surface area contributed by atoms with Crippen LogP contribution in [0, 0.1) is 6.92 Å². The summed E-state index contributed by atoms with van der Waals surface area (Å²) >= 11 is 0. The summed E-state index contributed by atoms with van der Waals surface area (Å²) in [4.78, 5) is 23.5. The number of carbonyl (C=O) groups excluding carboxylic acids is 2. The van der Waals surface area contributed by atoms with E-state index in [9.17, 15) is 9.59 Å². The van der Waals surface area contributed by atoms with E-state index in [4.69, 9.17) is 4.74 Å². The molecule has 0 bridgehead atoms. The molecule has 2 aromatic rings. The molecule has 0 fully saturated rings. The predicted molar refractivity (Wildman–Crippen MR) is 95.3 cm³/mol. The summed E-state index contributed by atoms with van der Waals surface area (Å²) in [6.07, 6.45) is -0.195. The van der Waals surface area contributed by atoms with Crippen molar-refractivity contribution in [3.63, 3.8) is 0 Å². The molecule has 0 saturated heterocycles. The van der Waals surface area contributed by atoms with Crippen molar-refractivity contribution in [3.8, 4) is 5.75 Å². The van der Waals surface area contributed by atoms with Crippen molar-refractivity contribution < 1.29 is 14.3 Å². The molecule has 24 heavy (non-hydrogen) atoms. The molecule has 0 aromatic heterocycles. The Balaban J connectivity index is 1.91. The van der Waals surface area contributed by atoms with Gasteiger partial charge in [0.15, 0.2) is 6.10 Å². The lowest BCUT2D eigenvalue weighted by atomic mass is 10.2. The highest BCUT2D eigenvalue weighted by Gasteiger charge is 2.14. The number of aryl methyl sites for hydroxylation is 1. The zero-order valence-corrected chi connectivity index (χ0v) is 14.1. The number of amides is 2. The van der Waals surface area contributed by atoms with Crippen LogP contribution in [-0.4, -0.2) is 17.9 Å². The van der Waals surface area contributed by atoms with Gasteiger partial charge in [0, 0.05) is 17.8 Å². The van der Waals surface area contributed by atoms with Crippen LogP contribution in [0.25, 0.3) is 0 Å². The number of hydrogen-bond acceptors (Lipinski definition) is 3. The molecule has 0 aliphatic carbocycles. The van der Waals surface area contributed by atoms with E-state index in [2.05, 4.69) is 10.6 Å². The van der Waals surface area contributed by atoms with E-state index in [1.54, 1.807) is 38.1 Å². The quantitative estimate of drug-likeness (QED) is 0.849. The summed E-state index contributed by atoms with van der Waals surface area (Å²) in [5, 5.41) is 5.55. The highest BCUT2D eigenvalue weighted by atomic mass is 16.5. The summed E-state index contributed by atoms with van der Waals surface area (Å²) in [6.45, 7) is 5.48. The zero-order valence-electron chi connectivity index (χ0n) is 14.1. The number of ether oxygens (including phenoxy) is 1. The molecule has 0 spiro atoms. The number of benzene rings is 2. The topological polar surface area (TPSA) is 67.4 Å². The maximum absolute atomic E-state index is 12.2. The second kappa shape index (κ2) is 8.15. The fourth-order valence-corrected chi connectivity index (χ4v) is 2.00. The van der Waals surface area contributed by atoms with Gasteiger partial charge in [0.05, 0.1) is 0 Å². The molecule has 0 heterocycles. The molecule has 2 N–H and O–H groups in total. The zero-order chi connectivity index (χ0) is 17.5. The molecule has 0 saturated carbocycles. The standard InChI is InChI=1S/C19H22N2O3/c1-4-18(22)20-15-7-9-16(10-8-15)21-19(23)14(3)24-17-11-5-13(2)6-12-17/h5-12,14H,4H2,1-3H3,(H,20,22)(H,21,23)/t14-/m0/s1. The molecule has 0 unspecified atom stereocenters. The Bertz CT molecular complexity index is 694. The van der Waals surface area contributed by atoms with Gasteiger partial charge in [-0.3, -0.25) is 9.59 Å². The van der Waals surface area contributed by atoms with E-state index in [1.807, 2.05) is 31.2 Å². The Hall–Kier alpha value is -2.82. The van der Waals surface area contributed by atoms with Gasteiger partial charge in [0.2, 0.25) is 5.91 Å². The molecule has 2 amide bonds. The van der Waals surface area contributed by atoms with E-state index in [0.717, 1.165) is 5.56 Å². The third-order valence-electron chi connectivity index (χ3n) is 3.46. The Morgan fingerprint density at radius 2 is 1.50 bits per heavy atom. The fraction of sp³-hybridized carbons (Fsp3) is 0.263. The first-order valence-corrected chi connectivity index (χ1v) is 7.92. The molecule has 5 heteroatoms. The number of hydrogen-bond donors (Lipinski definition) is 2. The minimum Gasteiger partial charge on any atom is -0.481 e. The lowest BCUT2D eigenvalue weighted by Crippen LogP contribution is -2.30. The highest BCUT2D eigenvalue weighted by Crippen LogP contribution is 2.16. The molecular formula is C19H22N2O3. The van der Waals surface area contributed by atoms with Gasteiger partial charge in [-0.05, 0) is 50.2 Å². The monoisotopic (exact) mass is 326 g/mol. The van der Waals surface area contributed by atoms with Gasteiger partial charge >= 0.3 is 0 Å². The normalized spacial score (nSPS) is 11.5. The van der Waals surface area contributed by atoms with Crippen LogP contribution in [-0.2, 0) is 9.59 Å². The SMILES string of the molecule is CCC(=O)Nc1ccc(NC(=O)[C@H](C)Oc2ccc(C)cc2)cc1. The van der Waals surface area contributed by atoms with Crippen molar-refractivity contribution in [1.82, 2.24) is 0 Å². The van der Waals surface area contributed by atoms with Crippen LogP contribution in [0.2, 0.25) is 0 Å². The summed E-state index contributed by atoms with van der Waals surface area (Å²) in [5.41, 5.74) is 2.48. The van der Waals surface area contributed by atoms with Crippen LogP contribution in [0.5, 0.6) is 5.75 Å². The molecule has 1 atom stereocenters. The third-order valence-corrected chi connectivity index (χ3v) is 3.46. The molecular weight excluding hydrogens is 304 g/mol. The maximum Gasteiger partial charge on any atom is 0.265 e. The summed E-state index contributed by atoms with van der Waals surface area (Å²) in [6, 6.07) is 14.5. The predicted octanol–water partition coefficient (Wildman–Crippen LogP) is 3.75. The molecule has 0 aliphatic heterocycles. The van der Waals surface area contributed by atoms with Crippen LogP contribution in [0.3, 0.4) is 0 Å². The Morgan fingerprint density at radius 1 is 0.958 bits per heavy atom. The van der Waals surface area contributed by atoms with Crippen molar-refractivity contribution >= 4 is 23.2 Å². The van der Waals surface area contributed by atoms with Gasteiger partial charge in [0.25, 0.3) is 5.91 Å². The Kier molecular flexibility index (Phi) is 5.95. The molecule has 126 valence electrons. The Labute approximate surface area is 142 Å². The van der Waals surface area contributed by atoms with Crippen LogP contribution >= 0.6 is 0 Å². The molecule has 2 rings (SSSR count). The van der Waals surface area contributed by atoms with Gasteiger partial charge in [0.1, 0.15) is 5.75 Å². The number of nitrogens with one attached hydrogen (secondary N) is 2. The summed E-state index contributed by atoms with van der Waals surface area (Å²) < 4.78 is 5.63. The second-order valence-electron chi connectivity index (χ2n) is 5.54. The third kappa shape index (κ3) is 5.12. The Morgan fingerprint density at radius 3 is 2.04 bits per heavy atom. The summed E-state index contributed by atoms with van der Waals surface area (Å²) in [7, 11) is 0. The highest BCUT2D eigenvalue weighted by molar-refractivity contribution is 5.95. The second-order valence-corrected chi connectivity index (χ2v) is 5.54.